The zero-order valence-electron chi connectivity index (χ0n) is 19.3. The normalized spacial score (nSPS) is 17.2. The van der Waals surface area contributed by atoms with Gasteiger partial charge in [-0.15, -0.1) is 10.0 Å². The first-order valence-corrected chi connectivity index (χ1v) is 15.2. The van der Waals surface area contributed by atoms with Gasteiger partial charge in [-0.05, 0) is 30.2 Å². The van der Waals surface area contributed by atoms with Crippen molar-refractivity contribution in [2.45, 2.75) is 41.6 Å². The molecule has 2 aromatic carbocycles. The summed E-state index contributed by atoms with van der Waals surface area (Å²) in [6, 6.07) is 6.79. The lowest BCUT2D eigenvalue weighted by molar-refractivity contribution is -0.247. The molecule has 0 aliphatic heterocycles. The molecule has 0 heterocycles. The van der Waals surface area contributed by atoms with E-state index in [2.05, 4.69) is 4.18 Å². The second kappa shape index (κ2) is 9.91. The lowest BCUT2D eigenvalue weighted by Gasteiger charge is -2.35. The van der Waals surface area contributed by atoms with Crippen LogP contribution in [0.15, 0.2) is 41.3 Å². The highest BCUT2D eigenvalue weighted by Crippen LogP contribution is 2.58. The topological polar surface area (TPSA) is 135 Å². The number of benzene rings is 2. The van der Waals surface area contributed by atoms with Gasteiger partial charge < -0.3 is 9.29 Å². The van der Waals surface area contributed by atoms with Crippen LogP contribution in [0.25, 0.3) is 10.8 Å². The van der Waals surface area contributed by atoms with Crippen LogP contribution in [0, 0.1) is 5.92 Å². The lowest BCUT2D eigenvalue weighted by atomic mass is 10.1. The largest absolute Gasteiger partial charge is 0.450 e. The Hall–Kier alpha value is -2.08. The number of carbonyl (C=O) groups excluding carboxylic acids is 1. The fourth-order valence-corrected chi connectivity index (χ4v) is 7.24. The van der Waals surface area contributed by atoms with Crippen LogP contribution in [0.2, 0.25) is 0 Å². The van der Waals surface area contributed by atoms with Gasteiger partial charge in [0.25, 0.3) is 0 Å². The third kappa shape index (κ3) is 4.91. The maximum atomic E-state index is 14.3. The average Bonchev–Trinajstić information content (AvgIpc) is 2.81. The molecule has 0 fully saturated rings. The molecule has 0 bridgehead atoms. The molecule has 2 aromatic rings. The van der Waals surface area contributed by atoms with Crippen molar-refractivity contribution in [3.8, 4) is 5.75 Å². The molecule has 0 amide bonds. The van der Waals surface area contributed by atoms with Crippen molar-refractivity contribution < 1.29 is 61.8 Å². The number of halogens is 6. The van der Waals surface area contributed by atoms with Crippen LogP contribution in [0.5, 0.6) is 5.75 Å². The number of aliphatic hydroxyl groups excluding tert-OH is 1. The van der Waals surface area contributed by atoms with E-state index in [0.717, 1.165) is 12.1 Å². The van der Waals surface area contributed by atoms with E-state index in [0.29, 0.717) is 12.5 Å². The van der Waals surface area contributed by atoms with E-state index in [1.54, 1.807) is 13.8 Å². The molecule has 2 rings (SSSR count). The molecule has 37 heavy (non-hydrogen) atoms. The maximum Gasteiger partial charge on any atom is 0.450 e. The number of fused-ring (bicyclic) bond motifs is 1. The minimum atomic E-state index is -7.19. The molecule has 0 spiro atoms. The van der Waals surface area contributed by atoms with Crippen molar-refractivity contribution in [2.75, 3.05) is 12.2 Å². The third-order valence-electron chi connectivity index (χ3n) is 5.61. The Labute approximate surface area is 209 Å². The summed E-state index contributed by atoms with van der Waals surface area (Å²) in [5.41, 5.74) is 0. The van der Waals surface area contributed by atoms with Crippen LogP contribution < -0.4 is 4.18 Å². The Morgan fingerprint density at radius 3 is 1.92 bits per heavy atom. The molecule has 2 unspecified atom stereocenters. The van der Waals surface area contributed by atoms with Crippen molar-refractivity contribution in [2.24, 2.45) is 5.92 Å². The van der Waals surface area contributed by atoms with Crippen LogP contribution in [0.3, 0.4) is 0 Å². The monoisotopic (exact) mass is 600 g/mol. The van der Waals surface area contributed by atoms with E-state index < -0.39 is 64.3 Å². The van der Waals surface area contributed by atoms with Gasteiger partial charge in [0.1, 0.15) is 0 Å². The molecule has 0 aliphatic carbocycles. The van der Waals surface area contributed by atoms with Gasteiger partial charge in [-0.25, -0.2) is 0 Å². The Morgan fingerprint density at radius 2 is 1.46 bits per heavy atom. The van der Waals surface area contributed by atoms with Crippen molar-refractivity contribution in [1.29, 1.82) is 0 Å². The first kappa shape index (κ1) is 31.1. The van der Waals surface area contributed by atoms with E-state index in [-0.39, 0.29) is 20.8 Å². The summed E-state index contributed by atoms with van der Waals surface area (Å²) in [5, 5.41) is -4.35. The molecule has 2 atom stereocenters. The third-order valence-corrected chi connectivity index (χ3v) is 10.9. The number of carbonyl (C=O) groups is 1. The Morgan fingerprint density at radius 1 is 0.946 bits per heavy atom. The molecule has 0 aromatic heterocycles. The maximum absolute atomic E-state index is 14.3. The van der Waals surface area contributed by atoms with Gasteiger partial charge in [-0.2, -0.15) is 43.2 Å². The zero-order valence-corrected chi connectivity index (χ0v) is 21.7. The number of hydrogen-bond acceptors (Lipinski definition) is 7. The van der Waals surface area contributed by atoms with Crippen LogP contribution in [-0.2, 0) is 25.0 Å². The summed E-state index contributed by atoms with van der Waals surface area (Å²) in [4.78, 5) is 13.2. The lowest BCUT2D eigenvalue weighted by Crippen LogP contribution is -2.61. The van der Waals surface area contributed by atoms with Gasteiger partial charge in [-0.3, -0.25) is 9.35 Å². The zero-order chi connectivity index (χ0) is 28.8. The van der Waals surface area contributed by atoms with E-state index >= 15 is 0 Å². The smallest absolute Gasteiger partial charge is 0.386 e. The van der Waals surface area contributed by atoms with Gasteiger partial charge in [0.15, 0.2) is 10.9 Å². The summed E-state index contributed by atoms with van der Waals surface area (Å²) in [5.74, 6) is -9.36. The molecule has 0 saturated heterocycles. The molecule has 0 radical (unpaired) electrons. The highest BCUT2D eigenvalue weighted by Gasteiger charge is 2.83. The minimum Gasteiger partial charge on any atom is -0.386 e. The van der Waals surface area contributed by atoms with Gasteiger partial charge in [0, 0.05) is 16.2 Å². The fraction of sp³-hybridized carbons (Fsp3) is 0.450. The second-order valence-electron chi connectivity index (χ2n) is 8.07. The first-order chi connectivity index (χ1) is 16.6. The van der Waals surface area contributed by atoms with Gasteiger partial charge in [0.05, 0.1) is 5.94 Å². The molecule has 8 nitrogen and oxygen atoms in total. The number of alkyl halides is 6. The molecular formula is C20H22F6O8S3. The average molecular weight is 601 g/mol. The molecular weight excluding hydrogens is 578 g/mol. The molecule has 17 heteroatoms. The summed E-state index contributed by atoms with van der Waals surface area (Å²) in [6.07, 6.45) is 1.86. The summed E-state index contributed by atoms with van der Waals surface area (Å²) in [7, 11) is -16.9. The van der Waals surface area contributed by atoms with Crippen LogP contribution in [0.1, 0.15) is 20.3 Å². The van der Waals surface area contributed by atoms with Crippen LogP contribution >= 0.6 is 10.0 Å². The highest BCUT2D eigenvalue weighted by molar-refractivity contribution is 8.44. The van der Waals surface area contributed by atoms with Crippen molar-refractivity contribution in [3.05, 3.63) is 36.4 Å². The SMILES string of the molecule is CCC(C)C(=O)S(C)(CO)c1ccc(OS(=O)(=O)C(F)(F)C(F)(F)C(F)(F)S(=O)(=O)O)c2ccccc12. The summed E-state index contributed by atoms with van der Waals surface area (Å²) < 4.78 is 141. The number of aliphatic hydroxyl groups is 1. The van der Waals surface area contributed by atoms with Gasteiger partial charge in [-0.1, -0.05) is 38.1 Å². The fourth-order valence-electron chi connectivity index (χ4n) is 3.22. The molecule has 0 aliphatic rings. The number of rotatable bonds is 10. The molecule has 2 N–H and O–H groups in total. The predicted octanol–water partition coefficient (Wildman–Crippen LogP) is 4.57. The van der Waals surface area contributed by atoms with E-state index in [9.17, 15) is 53.1 Å². The van der Waals surface area contributed by atoms with Gasteiger partial charge in [0.2, 0.25) is 0 Å². The summed E-state index contributed by atoms with van der Waals surface area (Å²) >= 11 is 0. The quantitative estimate of drug-likeness (QED) is 0.230. The number of hydrogen-bond donors (Lipinski definition) is 2. The van der Waals surface area contributed by atoms with Crippen LogP contribution in [0.4, 0.5) is 26.3 Å². The second-order valence-corrected chi connectivity index (χ2v) is 14.4. The summed E-state index contributed by atoms with van der Waals surface area (Å²) in [6.45, 7) is 3.33. The minimum absolute atomic E-state index is 0.0109. The standard InChI is InChI=1S/C20H22F6O8S3/c1-4-12(2)17(28)35(3,11-27)16-10-9-15(13-7-5-6-8-14(13)16)34-37(32,33)20(25,26)18(21,22)19(23,24)36(29,30)31/h5-10,12,27H,4,11H2,1-3H3,(H,29,30,31). The Balaban J connectivity index is 2.71. The first-order valence-electron chi connectivity index (χ1n) is 10.1. The van der Waals surface area contributed by atoms with Crippen molar-refractivity contribution in [3.63, 3.8) is 0 Å². The van der Waals surface area contributed by atoms with Crippen LogP contribution in [-0.4, -0.2) is 60.2 Å². The van der Waals surface area contributed by atoms with E-state index in [4.69, 9.17) is 4.55 Å². The molecule has 0 saturated carbocycles. The van der Waals surface area contributed by atoms with E-state index in [1.807, 2.05) is 0 Å². The van der Waals surface area contributed by atoms with Crippen molar-refractivity contribution >= 4 is 46.2 Å². The Bertz CT molecular complexity index is 1410. The highest BCUT2D eigenvalue weighted by atomic mass is 32.3. The molecule has 210 valence electrons. The van der Waals surface area contributed by atoms with E-state index in [1.165, 1.54) is 24.5 Å². The Kier molecular flexibility index (Phi) is 8.34. The predicted molar refractivity (Wildman–Crippen MR) is 123 cm³/mol. The van der Waals surface area contributed by atoms with Gasteiger partial charge >= 0.3 is 36.7 Å². The van der Waals surface area contributed by atoms with Crippen molar-refractivity contribution in [1.82, 2.24) is 0 Å².